The van der Waals surface area contributed by atoms with E-state index in [1.807, 2.05) is 0 Å². The first-order chi connectivity index (χ1) is 13.3. The van der Waals surface area contributed by atoms with Gasteiger partial charge in [-0.15, -0.1) is 11.3 Å². The van der Waals surface area contributed by atoms with Gasteiger partial charge in [0.15, 0.2) is 12.4 Å². The van der Waals surface area contributed by atoms with Gasteiger partial charge in [0.2, 0.25) is 0 Å². The number of fused-ring (bicyclic) bond motifs is 1. The molecule has 7 nitrogen and oxygen atoms in total. The summed E-state index contributed by atoms with van der Waals surface area (Å²) in [5, 5.41) is 1.16. The lowest BCUT2D eigenvalue weighted by Crippen LogP contribution is -2.09. The number of hydrogen-bond acceptors (Lipinski definition) is 8. The second-order valence-corrected chi connectivity index (χ2v) is 7.52. The smallest absolute Gasteiger partial charge is 0.348 e. The van der Waals surface area contributed by atoms with Crippen LogP contribution in [0.25, 0.3) is 10.2 Å². The number of esters is 2. The van der Waals surface area contributed by atoms with Crippen LogP contribution >= 0.6 is 34.5 Å². The van der Waals surface area contributed by atoms with Crippen molar-refractivity contribution >= 4 is 62.5 Å². The van der Waals surface area contributed by atoms with Crippen molar-refractivity contribution in [2.75, 3.05) is 12.3 Å². The van der Waals surface area contributed by atoms with Crippen molar-refractivity contribution in [1.29, 1.82) is 0 Å². The van der Waals surface area contributed by atoms with Gasteiger partial charge < -0.3 is 15.2 Å². The summed E-state index contributed by atoms with van der Waals surface area (Å²) in [5.74, 6) is -0.704. The van der Waals surface area contributed by atoms with Gasteiger partial charge in [-0.1, -0.05) is 23.2 Å². The van der Waals surface area contributed by atoms with Crippen LogP contribution in [0.3, 0.4) is 0 Å². The fourth-order valence-electron chi connectivity index (χ4n) is 2.53. The molecule has 10 heteroatoms. The lowest BCUT2D eigenvalue weighted by Gasteiger charge is -2.07. The second kappa shape index (κ2) is 8.30. The molecule has 0 aliphatic carbocycles. The molecule has 28 heavy (non-hydrogen) atoms. The van der Waals surface area contributed by atoms with Crippen molar-refractivity contribution in [3.63, 3.8) is 0 Å². The molecule has 3 rings (SSSR count). The normalized spacial score (nSPS) is 10.9. The van der Waals surface area contributed by atoms with Crippen LogP contribution in [-0.4, -0.2) is 28.5 Å². The van der Waals surface area contributed by atoms with Crippen LogP contribution in [0.2, 0.25) is 10.0 Å². The van der Waals surface area contributed by atoms with Crippen molar-refractivity contribution in [1.82, 2.24) is 9.97 Å². The van der Waals surface area contributed by atoms with Crippen molar-refractivity contribution in [2.24, 2.45) is 0 Å². The number of ether oxygens (including phenoxy) is 2. The van der Waals surface area contributed by atoms with E-state index in [9.17, 15) is 9.59 Å². The molecule has 3 aromatic rings. The molecular weight excluding hydrogens is 425 g/mol. The number of nitrogen functional groups attached to an aromatic ring is 1. The van der Waals surface area contributed by atoms with E-state index in [2.05, 4.69) is 9.97 Å². The maximum absolute atomic E-state index is 12.2. The molecule has 0 amide bonds. The van der Waals surface area contributed by atoms with Crippen LogP contribution < -0.4 is 5.73 Å². The molecule has 0 bridgehead atoms. The molecule has 0 fully saturated rings. The third-order valence-corrected chi connectivity index (χ3v) is 5.54. The number of anilines is 1. The van der Waals surface area contributed by atoms with Gasteiger partial charge in [0.05, 0.1) is 22.6 Å². The van der Waals surface area contributed by atoms with E-state index in [1.54, 1.807) is 19.9 Å². The molecular formula is C18H15Cl2N3O4S. The molecule has 0 unspecified atom stereocenters. The maximum atomic E-state index is 12.2. The molecule has 0 spiro atoms. The summed E-state index contributed by atoms with van der Waals surface area (Å²) in [5.41, 5.74) is 6.83. The maximum Gasteiger partial charge on any atom is 0.348 e. The zero-order valence-corrected chi connectivity index (χ0v) is 17.2. The molecule has 2 N–H and O–H groups in total. The Bertz CT molecular complexity index is 1080. The van der Waals surface area contributed by atoms with Crippen molar-refractivity contribution in [3.05, 3.63) is 50.1 Å². The SMILES string of the molecule is CCOC(=O)c1sc2nc(COC(=O)c3cc(Cl)ccc3Cl)nc(N)c2c1C. The van der Waals surface area contributed by atoms with E-state index >= 15 is 0 Å². The van der Waals surface area contributed by atoms with Gasteiger partial charge in [-0.25, -0.2) is 19.6 Å². The van der Waals surface area contributed by atoms with Gasteiger partial charge in [0, 0.05) is 5.02 Å². The topological polar surface area (TPSA) is 104 Å². The predicted octanol–water partition coefficient (Wildman–Crippen LogP) is 4.42. The molecule has 146 valence electrons. The molecule has 0 radical (unpaired) electrons. The van der Waals surface area contributed by atoms with E-state index in [0.717, 1.165) is 11.3 Å². The highest BCUT2D eigenvalue weighted by Gasteiger charge is 2.21. The summed E-state index contributed by atoms with van der Waals surface area (Å²) in [6, 6.07) is 4.49. The van der Waals surface area contributed by atoms with Crippen molar-refractivity contribution < 1.29 is 19.1 Å². The number of carbonyl (C=O) groups is 2. The Morgan fingerprint density at radius 1 is 1.18 bits per heavy atom. The minimum absolute atomic E-state index is 0.139. The number of halogens is 2. The summed E-state index contributed by atoms with van der Waals surface area (Å²) < 4.78 is 10.3. The largest absolute Gasteiger partial charge is 0.462 e. The Balaban J connectivity index is 1.85. The number of hydrogen-bond donors (Lipinski definition) is 1. The summed E-state index contributed by atoms with van der Waals surface area (Å²) in [4.78, 5) is 33.8. The number of carbonyl (C=O) groups excluding carboxylic acids is 2. The fraction of sp³-hybridized carbons (Fsp3) is 0.222. The first-order valence-corrected chi connectivity index (χ1v) is 9.73. The van der Waals surface area contributed by atoms with Crippen LogP contribution in [0.1, 0.15) is 38.3 Å². The Morgan fingerprint density at radius 3 is 2.64 bits per heavy atom. The van der Waals surface area contributed by atoms with Gasteiger partial charge in [0.25, 0.3) is 0 Å². The third-order valence-electron chi connectivity index (χ3n) is 3.81. The molecule has 2 aromatic heterocycles. The van der Waals surface area contributed by atoms with Crippen LogP contribution in [0.4, 0.5) is 5.82 Å². The van der Waals surface area contributed by atoms with Crippen LogP contribution in [-0.2, 0) is 16.1 Å². The summed E-state index contributed by atoms with van der Waals surface area (Å²) >= 11 is 13.0. The minimum Gasteiger partial charge on any atom is -0.462 e. The van der Waals surface area contributed by atoms with Gasteiger partial charge in [-0.05, 0) is 37.6 Å². The Labute approximate surface area is 174 Å². The Hall–Kier alpha value is -2.42. The third kappa shape index (κ3) is 4.04. The van der Waals surface area contributed by atoms with Gasteiger partial charge in [-0.2, -0.15) is 0 Å². The first-order valence-electron chi connectivity index (χ1n) is 8.16. The number of thiophene rings is 1. The Morgan fingerprint density at radius 2 is 1.93 bits per heavy atom. The number of nitrogens with zero attached hydrogens (tertiary/aromatic N) is 2. The van der Waals surface area contributed by atoms with Crippen LogP contribution in [0.15, 0.2) is 18.2 Å². The van der Waals surface area contributed by atoms with E-state index in [-0.39, 0.29) is 35.4 Å². The first kappa shape index (κ1) is 20.3. The lowest BCUT2D eigenvalue weighted by atomic mass is 10.2. The fourth-order valence-corrected chi connectivity index (χ4v) is 4.00. The summed E-state index contributed by atoms with van der Waals surface area (Å²) in [7, 11) is 0. The molecule has 0 aliphatic heterocycles. The number of benzene rings is 1. The minimum atomic E-state index is -0.663. The molecule has 0 saturated carbocycles. The van der Waals surface area contributed by atoms with Crippen molar-refractivity contribution in [2.45, 2.75) is 20.5 Å². The number of rotatable bonds is 5. The van der Waals surface area contributed by atoms with E-state index < -0.39 is 11.9 Å². The standard InChI is InChI=1S/C18H15Cl2N3O4S/c1-3-26-18(25)14-8(2)13-15(21)22-12(23-16(13)28-14)7-27-17(24)10-6-9(19)4-5-11(10)20/h4-6H,3,7H2,1-2H3,(H2,21,22,23). The average molecular weight is 440 g/mol. The highest BCUT2D eigenvalue weighted by Crippen LogP contribution is 2.33. The van der Waals surface area contributed by atoms with E-state index in [4.69, 9.17) is 38.4 Å². The number of nitrogens with two attached hydrogens (primary N) is 1. The molecule has 2 heterocycles. The Kier molecular flexibility index (Phi) is 6.02. The highest BCUT2D eigenvalue weighted by atomic mass is 35.5. The summed E-state index contributed by atoms with van der Waals surface area (Å²) in [6.45, 7) is 3.54. The van der Waals surface area contributed by atoms with Crippen LogP contribution in [0, 0.1) is 6.92 Å². The molecule has 1 aromatic carbocycles. The van der Waals surface area contributed by atoms with E-state index in [1.165, 1.54) is 12.1 Å². The number of aromatic nitrogens is 2. The predicted molar refractivity (Wildman–Crippen MR) is 108 cm³/mol. The monoisotopic (exact) mass is 439 g/mol. The molecule has 0 atom stereocenters. The lowest BCUT2D eigenvalue weighted by molar-refractivity contribution is 0.0462. The van der Waals surface area contributed by atoms with Gasteiger partial charge in [-0.3, -0.25) is 0 Å². The average Bonchev–Trinajstić information content (AvgIpc) is 2.99. The van der Waals surface area contributed by atoms with Gasteiger partial charge in [0.1, 0.15) is 15.5 Å². The van der Waals surface area contributed by atoms with E-state index in [0.29, 0.717) is 25.7 Å². The second-order valence-electron chi connectivity index (χ2n) is 5.68. The number of aryl methyl sites for hydroxylation is 1. The summed E-state index contributed by atoms with van der Waals surface area (Å²) in [6.07, 6.45) is 0. The molecule has 0 aliphatic rings. The van der Waals surface area contributed by atoms with Gasteiger partial charge >= 0.3 is 11.9 Å². The highest BCUT2D eigenvalue weighted by molar-refractivity contribution is 7.20. The van der Waals surface area contributed by atoms with Crippen LogP contribution in [0.5, 0.6) is 0 Å². The quantitative estimate of drug-likeness (QED) is 0.586. The molecule has 0 saturated heterocycles. The zero-order chi connectivity index (χ0) is 20.4. The zero-order valence-electron chi connectivity index (χ0n) is 14.9. The van der Waals surface area contributed by atoms with Crippen molar-refractivity contribution in [3.8, 4) is 0 Å².